The van der Waals surface area contributed by atoms with E-state index in [1.165, 1.54) is 6.26 Å². The highest BCUT2D eigenvalue weighted by Crippen LogP contribution is 2.15. The van der Waals surface area contributed by atoms with Gasteiger partial charge in [0.1, 0.15) is 0 Å². The first kappa shape index (κ1) is 20.4. The molecule has 0 amide bonds. The van der Waals surface area contributed by atoms with Crippen molar-refractivity contribution < 1.29 is 37.3 Å². The molecule has 5 nitrogen and oxygen atoms in total. The van der Waals surface area contributed by atoms with Crippen LogP contribution in [-0.2, 0) is 19.1 Å². The van der Waals surface area contributed by atoms with Crippen LogP contribution in [0.1, 0.15) is 6.92 Å². The molecule has 0 saturated carbocycles. The van der Waals surface area contributed by atoms with Crippen molar-refractivity contribution in [2.75, 3.05) is 7.11 Å². The van der Waals surface area contributed by atoms with Gasteiger partial charge in [-0.3, -0.25) is 4.79 Å². The largest absolute Gasteiger partial charge is 0.505 e. The number of carboxylic acids is 1. The van der Waals surface area contributed by atoms with Crippen molar-refractivity contribution in [1.82, 2.24) is 0 Å². The summed E-state index contributed by atoms with van der Waals surface area (Å²) in [5.74, 6) is -3.09. The molecule has 0 unspecified atom stereocenters. The van der Waals surface area contributed by atoms with Crippen molar-refractivity contribution >= 4 is 11.9 Å². The molecule has 0 aromatic carbocycles. The first-order valence-electron chi connectivity index (χ1n) is 3.85. The third-order valence-electron chi connectivity index (χ3n) is 0.588. The van der Waals surface area contributed by atoms with Crippen LogP contribution in [0.4, 0.5) is 13.2 Å². The summed E-state index contributed by atoms with van der Waals surface area (Å²) in [7, 11) is 1.56. The lowest BCUT2D eigenvalue weighted by Gasteiger charge is -2.00. The normalized spacial score (nSPS) is 8.29. The molecule has 0 aromatic rings. The number of hydrogen-bond donors (Lipinski definition) is 1. The third-order valence-corrected chi connectivity index (χ3v) is 0.588. The second-order valence-electron chi connectivity index (χ2n) is 1.99. The van der Waals surface area contributed by atoms with Crippen molar-refractivity contribution in [2.24, 2.45) is 0 Å². The SMILES string of the molecule is C=COC.C=COC(=O)C(F)(F)F.CC(=O)O. The van der Waals surface area contributed by atoms with Crippen molar-refractivity contribution in [3.05, 3.63) is 25.7 Å². The van der Waals surface area contributed by atoms with Crippen molar-refractivity contribution in [1.29, 1.82) is 0 Å². The van der Waals surface area contributed by atoms with Gasteiger partial charge in [0.25, 0.3) is 5.97 Å². The van der Waals surface area contributed by atoms with Crippen molar-refractivity contribution in [2.45, 2.75) is 13.1 Å². The molecule has 0 spiro atoms. The van der Waals surface area contributed by atoms with Crippen LogP contribution in [-0.4, -0.2) is 30.3 Å². The van der Waals surface area contributed by atoms with Gasteiger partial charge in [-0.2, -0.15) is 13.2 Å². The van der Waals surface area contributed by atoms with E-state index in [0.29, 0.717) is 6.26 Å². The Kier molecular flexibility index (Phi) is 14.5. The quantitative estimate of drug-likeness (QED) is 0.606. The van der Waals surface area contributed by atoms with Crippen molar-refractivity contribution in [3.63, 3.8) is 0 Å². The fourth-order valence-corrected chi connectivity index (χ4v) is 0.143. The van der Waals surface area contributed by atoms with Crippen LogP contribution < -0.4 is 0 Å². The number of aliphatic carboxylic acids is 1. The molecule has 0 aliphatic rings. The minimum Gasteiger partial charge on any atom is -0.505 e. The van der Waals surface area contributed by atoms with Gasteiger partial charge in [-0.05, 0) is 0 Å². The summed E-state index contributed by atoms with van der Waals surface area (Å²) in [4.78, 5) is 18.6. The molecule has 0 rings (SSSR count). The van der Waals surface area contributed by atoms with Gasteiger partial charge in [-0.1, -0.05) is 13.2 Å². The molecular weight excluding hydrogens is 245 g/mol. The zero-order chi connectivity index (χ0) is 14.5. The number of alkyl halides is 3. The minimum atomic E-state index is -4.92. The maximum atomic E-state index is 11.1. The number of carbonyl (C=O) groups is 2. The van der Waals surface area contributed by atoms with E-state index < -0.39 is 18.1 Å². The molecule has 0 bridgehead atoms. The summed E-state index contributed by atoms with van der Waals surface area (Å²) in [5.41, 5.74) is 0. The summed E-state index contributed by atoms with van der Waals surface area (Å²) in [6.07, 6.45) is -3.12. The molecule has 0 radical (unpaired) electrons. The molecular formula is C9H13F3O5. The predicted molar refractivity (Wildman–Crippen MR) is 52.9 cm³/mol. The zero-order valence-corrected chi connectivity index (χ0v) is 9.28. The van der Waals surface area contributed by atoms with Gasteiger partial charge in [-0.15, -0.1) is 0 Å². The average Bonchev–Trinajstić information content (AvgIpc) is 2.16. The summed E-state index contributed by atoms with van der Waals surface area (Å²) in [6.45, 7) is 7.11. The Labute approximate surface area is 96.1 Å². The highest BCUT2D eigenvalue weighted by Gasteiger charge is 2.40. The maximum Gasteiger partial charge on any atom is 0.491 e. The molecule has 0 aliphatic heterocycles. The number of hydrogen-bond acceptors (Lipinski definition) is 4. The van der Waals surface area contributed by atoms with Crippen molar-refractivity contribution in [3.8, 4) is 0 Å². The van der Waals surface area contributed by atoms with Crippen LogP contribution in [0.3, 0.4) is 0 Å². The minimum absolute atomic E-state index is 0.426. The Hall–Kier alpha value is -1.99. The first-order chi connectivity index (χ1) is 7.63. The summed E-state index contributed by atoms with van der Waals surface area (Å²) < 4.78 is 41.1. The molecule has 0 heterocycles. The molecule has 0 atom stereocenters. The third kappa shape index (κ3) is 31.5. The molecule has 1 N–H and O–H groups in total. The molecule has 0 saturated heterocycles. The van der Waals surface area contributed by atoms with Gasteiger partial charge >= 0.3 is 12.1 Å². The lowest BCUT2D eigenvalue weighted by atomic mass is 10.7. The summed E-state index contributed by atoms with van der Waals surface area (Å²) >= 11 is 0. The molecule has 0 aliphatic carbocycles. The fourth-order valence-electron chi connectivity index (χ4n) is 0.143. The number of halogens is 3. The van der Waals surface area contributed by atoms with Crippen LogP contribution in [0.25, 0.3) is 0 Å². The van der Waals surface area contributed by atoms with E-state index in [4.69, 9.17) is 9.90 Å². The van der Waals surface area contributed by atoms with Gasteiger partial charge < -0.3 is 14.6 Å². The molecule has 0 fully saturated rings. The fraction of sp³-hybridized carbons (Fsp3) is 0.333. The lowest BCUT2D eigenvalue weighted by molar-refractivity contribution is -0.193. The van der Waals surface area contributed by atoms with E-state index in [9.17, 15) is 18.0 Å². The Morgan fingerprint density at radius 3 is 1.59 bits per heavy atom. The van der Waals surface area contributed by atoms with E-state index in [-0.39, 0.29) is 0 Å². The Morgan fingerprint density at radius 1 is 1.24 bits per heavy atom. The number of carbonyl (C=O) groups excluding carboxylic acids is 1. The Bertz CT molecular complexity index is 244. The lowest BCUT2D eigenvalue weighted by Crippen LogP contribution is -2.23. The number of ether oxygens (including phenoxy) is 2. The predicted octanol–water partition coefficient (Wildman–Crippen LogP) is 2.10. The second kappa shape index (κ2) is 12.1. The van der Waals surface area contributed by atoms with Crippen LogP contribution in [0.5, 0.6) is 0 Å². The van der Waals surface area contributed by atoms with Gasteiger partial charge in [-0.25, -0.2) is 4.79 Å². The van der Waals surface area contributed by atoms with E-state index in [2.05, 4.69) is 22.6 Å². The Balaban J connectivity index is -0.000000205. The monoisotopic (exact) mass is 258 g/mol. The second-order valence-corrected chi connectivity index (χ2v) is 1.99. The Morgan fingerprint density at radius 2 is 1.53 bits per heavy atom. The zero-order valence-electron chi connectivity index (χ0n) is 9.28. The highest BCUT2D eigenvalue weighted by molar-refractivity contribution is 5.76. The van der Waals surface area contributed by atoms with Gasteiger partial charge in [0.2, 0.25) is 0 Å². The molecule has 0 aromatic heterocycles. The number of rotatable bonds is 2. The van der Waals surface area contributed by atoms with Crippen LogP contribution in [0.2, 0.25) is 0 Å². The van der Waals surface area contributed by atoms with Gasteiger partial charge in [0.05, 0.1) is 19.6 Å². The van der Waals surface area contributed by atoms with E-state index in [1.807, 2.05) is 0 Å². The van der Waals surface area contributed by atoms with Crippen LogP contribution in [0, 0.1) is 0 Å². The van der Waals surface area contributed by atoms with Crippen LogP contribution in [0.15, 0.2) is 25.7 Å². The summed E-state index contributed by atoms with van der Waals surface area (Å²) in [6, 6.07) is 0. The highest BCUT2D eigenvalue weighted by atomic mass is 19.4. The molecule has 17 heavy (non-hydrogen) atoms. The van der Waals surface area contributed by atoms with Gasteiger partial charge in [0.15, 0.2) is 0 Å². The van der Waals surface area contributed by atoms with E-state index in [1.54, 1.807) is 7.11 Å². The van der Waals surface area contributed by atoms with E-state index >= 15 is 0 Å². The van der Waals surface area contributed by atoms with Gasteiger partial charge in [0, 0.05) is 6.92 Å². The topological polar surface area (TPSA) is 72.8 Å². The average molecular weight is 258 g/mol. The number of methoxy groups -OCH3 is 1. The summed E-state index contributed by atoms with van der Waals surface area (Å²) in [5, 5.41) is 7.42. The first-order valence-corrected chi connectivity index (χ1v) is 3.85. The number of esters is 1. The maximum absolute atomic E-state index is 11.1. The molecule has 8 heteroatoms. The molecule has 100 valence electrons. The smallest absolute Gasteiger partial charge is 0.491 e. The number of carboxylic acid groups (broad SMARTS) is 1. The van der Waals surface area contributed by atoms with E-state index in [0.717, 1.165) is 6.92 Å². The standard InChI is InChI=1S/C4H3F3O2.C3H6O.C2H4O2/c1-2-9-3(8)4(5,6)7;1-3-4-2;1-2(3)4/h2H,1H2;3H,1H2,2H3;1H3,(H,3,4). The van der Waals surface area contributed by atoms with Crippen LogP contribution >= 0.6 is 0 Å².